The highest BCUT2D eigenvalue weighted by molar-refractivity contribution is 9.10. The van der Waals surface area contributed by atoms with Gasteiger partial charge in [-0.15, -0.1) is 0 Å². The molecule has 0 saturated carbocycles. The van der Waals surface area contributed by atoms with Crippen LogP contribution in [-0.2, 0) is 6.61 Å². The Balaban J connectivity index is 2.22. The van der Waals surface area contributed by atoms with Crippen LogP contribution in [0.2, 0.25) is 0 Å². The van der Waals surface area contributed by atoms with Crippen LogP contribution in [-0.4, -0.2) is 7.11 Å². The summed E-state index contributed by atoms with van der Waals surface area (Å²) in [5, 5.41) is 0. The predicted molar refractivity (Wildman–Crippen MR) is 91.8 cm³/mol. The van der Waals surface area contributed by atoms with Gasteiger partial charge in [-0.2, -0.15) is 0 Å². The molecule has 112 valence electrons. The minimum absolute atomic E-state index is 0.0816. The molecule has 0 saturated heterocycles. The lowest BCUT2D eigenvalue weighted by molar-refractivity contribution is 0.299. The summed E-state index contributed by atoms with van der Waals surface area (Å²) in [7, 11) is 1.65. The lowest BCUT2D eigenvalue weighted by Gasteiger charge is -2.15. The van der Waals surface area contributed by atoms with E-state index in [0.29, 0.717) is 6.61 Å². The molecule has 2 N–H and O–H groups in total. The molecule has 0 fully saturated rings. The van der Waals surface area contributed by atoms with Crippen LogP contribution >= 0.6 is 31.9 Å². The number of hydrogen-bond acceptors (Lipinski definition) is 3. The molecule has 5 heteroatoms. The second kappa shape index (κ2) is 7.29. The first-order chi connectivity index (χ1) is 10.0. The Morgan fingerprint density at radius 3 is 2.57 bits per heavy atom. The van der Waals surface area contributed by atoms with Gasteiger partial charge in [-0.3, -0.25) is 0 Å². The van der Waals surface area contributed by atoms with Crippen molar-refractivity contribution in [3.05, 3.63) is 56.5 Å². The van der Waals surface area contributed by atoms with Crippen molar-refractivity contribution in [2.75, 3.05) is 7.11 Å². The highest BCUT2D eigenvalue weighted by atomic mass is 79.9. The molecule has 0 aromatic heterocycles. The zero-order valence-electron chi connectivity index (χ0n) is 11.9. The van der Waals surface area contributed by atoms with E-state index in [-0.39, 0.29) is 6.04 Å². The minimum atomic E-state index is -0.0816. The molecule has 0 aliphatic rings. The SMILES string of the molecule is COc1ccc(Br)c(COc2cc(Br)ccc2C(C)N)c1. The number of methoxy groups -OCH3 is 1. The summed E-state index contributed by atoms with van der Waals surface area (Å²) in [6.07, 6.45) is 0. The number of nitrogens with two attached hydrogens (primary N) is 1. The van der Waals surface area contributed by atoms with Crippen molar-refractivity contribution in [2.45, 2.75) is 19.6 Å². The van der Waals surface area contributed by atoms with E-state index < -0.39 is 0 Å². The molecular weight excluding hydrogens is 398 g/mol. The lowest BCUT2D eigenvalue weighted by atomic mass is 10.1. The van der Waals surface area contributed by atoms with Gasteiger partial charge in [-0.25, -0.2) is 0 Å². The Hall–Kier alpha value is -1.04. The molecule has 1 atom stereocenters. The van der Waals surface area contributed by atoms with Crippen molar-refractivity contribution in [3.63, 3.8) is 0 Å². The van der Waals surface area contributed by atoms with E-state index in [2.05, 4.69) is 31.9 Å². The normalized spacial score (nSPS) is 12.0. The Bertz CT molecular complexity index is 630. The van der Waals surface area contributed by atoms with Crippen molar-refractivity contribution in [1.29, 1.82) is 0 Å². The molecule has 1 unspecified atom stereocenters. The molecule has 0 aliphatic heterocycles. The van der Waals surface area contributed by atoms with Gasteiger partial charge in [0.2, 0.25) is 0 Å². The number of rotatable bonds is 5. The number of halogens is 2. The van der Waals surface area contributed by atoms with Crippen LogP contribution in [0.25, 0.3) is 0 Å². The van der Waals surface area contributed by atoms with Crippen LogP contribution in [0.3, 0.4) is 0 Å². The molecule has 2 aromatic carbocycles. The van der Waals surface area contributed by atoms with Gasteiger partial charge < -0.3 is 15.2 Å². The third-order valence-corrected chi connectivity index (χ3v) is 4.37. The second-order valence-corrected chi connectivity index (χ2v) is 6.49. The fraction of sp³-hybridized carbons (Fsp3) is 0.250. The molecular formula is C16H17Br2NO2. The van der Waals surface area contributed by atoms with E-state index in [0.717, 1.165) is 31.6 Å². The van der Waals surface area contributed by atoms with Crippen LogP contribution in [0.15, 0.2) is 45.3 Å². The van der Waals surface area contributed by atoms with Crippen molar-refractivity contribution in [2.24, 2.45) is 5.73 Å². The standard InChI is InChI=1S/C16H17Br2NO2/c1-10(19)14-5-3-12(17)8-16(14)21-9-11-7-13(20-2)4-6-15(11)18/h3-8,10H,9,19H2,1-2H3. The van der Waals surface area contributed by atoms with E-state index in [1.54, 1.807) is 7.11 Å². The molecule has 21 heavy (non-hydrogen) atoms. The summed E-state index contributed by atoms with van der Waals surface area (Å²) >= 11 is 6.98. The summed E-state index contributed by atoms with van der Waals surface area (Å²) in [4.78, 5) is 0. The van der Waals surface area contributed by atoms with Gasteiger partial charge in [-0.05, 0) is 37.3 Å². The average molecular weight is 415 g/mol. The minimum Gasteiger partial charge on any atom is -0.497 e. The molecule has 0 spiro atoms. The Kier molecular flexibility index (Phi) is 5.67. The van der Waals surface area contributed by atoms with Crippen LogP contribution in [0, 0.1) is 0 Å². The molecule has 0 bridgehead atoms. The summed E-state index contributed by atoms with van der Waals surface area (Å²) in [6.45, 7) is 2.38. The molecule has 0 aliphatic carbocycles. The Labute approximate surface area is 141 Å². The van der Waals surface area contributed by atoms with Crippen LogP contribution in [0.4, 0.5) is 0 Å². The molecule has 3 nitrogen and oxygen atoms in total. The summed E-state index contributed by atoms with van der Waals surface area (Å²) < 4.78 is 13.1. The number of hydrogen-bond donors (Lipinski definition) is 1. The average Bonchev–Trinajstić information content (AvgIpc) is 2.46. The van der Waals surface area contributed by atoms with Crippen molar-refractivity contribution < 1.29 is 9.47 Å². The number of benzene rings is 2. The fourth-order valence-electron chi connectivity index (χ4n) is 1.95. The number of ether oxygens (including phenoxy) is 2. The van der Waals surface area contributed by atoms with Crippen molar-refractivity contribution in [1.82, 2.24) is 0 Å². The zero-order valence-corrected chi connectivity index (χ0v) is 15.1. The molecule has 2 aromatic rings. The van der Waals surface area contributed by atoms with Gasteiger partial charge in [-0.1, -0.05) is 37.9 Å². The first-order valence-electron chi connectivity index (χ1n) is 6.51. The predicted octanol–water partition coefficient (Wildman–Crippen LogP) is 4.82. The highest BCUT2D eigenvalue weighted by Gasteiger charge is 2.10. The smallest absolute Gasteiger partial charge is 0.125 e. The molecule has 0 heterocycles. The van der Waals surface area contributed by atoms with Gasteiger partial charge in [0, 0.05) is 26.1 Å². The molecule has 2 rings (SSSR count). The maximum atomic E-state index is 5.98. The van der Waals surface area contributed by atoms with Crippen LogP contribution in [0.1, 0.15) is 24.1 Å². The van der Waals surface area contributed by atoms with Gasteiger partial charge >= 0.3 is 0 Å². The van der Waals surface area contributed by atoms with Gasteiger partial charge in [0.1, 0.15) is 18.1 Å². The third-order valence-electron chi connectivity index (χ3n) is 3.10. The Morgan fingerprint density at radius 1 is 1.14 bits per heavy atom. The molecule has 0 radical (unpaired) electrons. The summed E-state index contributed by atoms with van der Waals surface area (Å²) in [5.41, 5.74) is 7.99. The fourth-order valence-corrected chi connectivity index (χ4v) is 2.65. The first kappa shape index (κ1) is 16.3. The van der Waals surface area contributed by atoms with E-state index in [1.165, 1.54) is 0 Å². The van der Waals surface area contributed by atoms with Gasteiger partial charge in [0.15, 0.2) is 0 Å². The van der Waals surface area contributed by atoms with E-state index in [1.807, 2.05) is 43.3 Å². The molecule has 0 amide bonds. The van der Waals surface area contributed by atoms with Gasteiger partial charge in [0.25, 0.3) is 0 Å². The third kappa shape index (κ3) is 4.22. The Morgan fingerprint density at radius 2 is 1.90 bits per heavy atom. The maximum Gasteiger partial charge on any atom is 0.125 e. The second-order valence-electron chi connectivity index (χ2n) is 4.72. The monoisotopic (exact) mass is 413 g/mol. The first-order valence-corrected chi connectivity index (χ1v) is 8.10. The quantitative estimate of drug-likeness (QED) is 0.762. The summed E-state index contributed by atoms with van der Waals surface area (Å²) in [6, 6.07) is 11.6. The van der Waals surface area contributed by atoms with Crippen LogP contribution in [0.5, 0.6) is 11.5 Å². The zero-order chi connectivity index (χ0) is 15.4. The highest BCUT2D eigenvalue weighted by Crippen LogP contribution is 2.30. The van der Waals surface area contributed by atoms with Gasteiger partial charge in [0.05, 0.1) is 7.11 Å². The van der Waals surface area contributed by atoms with Crippen molar-refractivity contribution in [3.8, 4) is 11.5 Å². The summed E-state index contributed by atoms with van der Waals surface area (Å²) in [5.74, 6) is 1.59. The lowest BCUT2D eigenvalue weighted by Crippen LogP contribution is -2.08. The largest absolute Gasteiger partial charge is 0.497 e. The van der Waals surface area contributed by atoms with E-state index in [9.17, 15) is 0 Å². The van der Waals surface area contributed by atoms with Crippen LogP contribution < -0.4 is 15.2 Å². The maximum absolute atomic E-state index is 5.98. The topological polar surface area (TPSA) is 44.5 Å². The van der Waals surface area contributed by atoms with Crippen molar-refractivity contribution >= 4 is 31.9 Å². The van der Waals surface area contributed by atoms with E-state index in [4.69, 9.17) is 15.2 Å². The van der Waals surface area contributed by atoms with E-state index >= 15 is 0 Å².